The molecule has 1 saturated heterocycles. The highest BCUT2D eigenvalue weighted by Crippen LogP contribution is 2.20. The average Bonchev–Trinajstić information content (AvgIpc) is 3.12. The number of carbonyl (C=O) groups is 1. The average molecular weight is 346 g/mol. The zero-order valence-electron chi connectivity index (χ0n) is 15.1. The Morgan fingerprint density at radius 3 is 2.84 bits per heavy atom. The zero-order chi connectivity index (χ0) is 18.0. The van der Waals surface area contributed by atoms with Gasteiger partial charge in [0.05, 0.1) is 24.9 Å². The molecule has 3 heterocycles. The number of nitrogens with one attached hydrogen (secondary N) is 1. The minimum absolute atomic E-state index is 0.0645. The number of aliphatic hydroxyl groups is 1. The van der Waals surface area contributed by atoms with E-state index in [0.717, 1.165) is 29.8 Å². The number of anilines is 1. The fraction of sp³-hybridized carbons (Fsp3) is 0.588. The van der Waals surface area contributed by atoms with Gasteiger partial charge in [0.1, 0.15) is 0 Å². The lowest BCUT2D eigenvalue weighted by molar-refractivity contribution is -0.121. The van der Waals surface area contributed by atoms with Gasteiger partial charge in [0.2, 0.25) is 5.91 Å². The fourth-order valence-corrected chi connectivity index (χ4v) is 3.37. The van der Waals surface area contributed by atoms with Gasteiger partial charge in [0, 0.05) is 43.7 Å². The Hall–Kier alpha value is -2.19. The van der Waals surface area contributed by atoms with E-state index in [-0.39, 0.29) is 18.6 Å². The molecular weight excluding hydrogens is 320 g/mol. The Balaban J connectivity index is 1.68. The van der Waals surface area contributed by atoms with E-state index >= 15 is 0 Å². The first-order valence-corrected chi connectivity index (χ1v) is 8.69. The molecule has 1 atom stereocenters. The van der Waals surface area contributed by atoms with Gasteiger partial charge in [-0.2, -0.15) is 10.2 Å². The van der Waals surface area contributed by atoms with Crippen molar-refractivity contribution < 1.29 is 9.90 Å². The van der Waals surface area contributed by atoms with Crippen LogP contribution in [0.3, 0.4) is 0 Å². The number of piperidine rings is 1. The summed E-state index contributed by atoms with van der Waals surface area (Å²) < 4.78 is 3.52. The van der Waals surface area contributed by atoms with E-state index < -0.39 is 0 Å². The quantitative estimate of drug-likeness (QED) is 0.796. The van der Waals surface area contributed by atoms with Crippen LogP contribution >= 0.6 is 0 Å². The van der Waals surface area contributed by atoms with Gasteiger partial charge < -0.3 is 10.4 Å². The van der Waals surface area contributed by atoms with E-state index in [1.165, 1.54) is 0 Å². The molecule has 0 bridgehead atoms. The minimum Gasteiger partial charge on any atom is -0.394 e. The Morgan fingerprint density at radius 2 is 2.16 bits per heavy atom. The van der Waals surface area contributed by atoms with E-state index in [9.17, 15) is 4.79 Å². The molecule has 1 amide bonds. The van der Waals surface area contributed by atoms with Crippen molar-refractivity contribution in [3.8, 4) is 0 Å². The second-order valence-electron chi connectivity index (χ2n) is 6.51. The van der Waals surface area contributed by atoms with Crippen molar-refractivity contribution in [1.82, 2.24) is 24.9 Å². The van der Waals surface area contributed by atoms with Crippen LogP contribution in [-0.2, 0) is 24.9 Å². The third-order valence-electron chi connectivity index (χ3n) is 4.78. The van der Waals surface area contributed by atoms with Crippen molar-refractivity contribution >= 4 is 11.7 Å². The molecular formula is C17H26N6O2. The third-order valence-corrected chi connectivity index (χ3v) is 4.78. The first-order valence-electron chi connectivity index (χ1n) is 8.69. The third kappa shape index (κ3) is 3.59. The number of hydrogen-bond acceptors (Lipinski definition) is 5. The van der Waals surface area contributed by atoms with Crippen LogP contribution in [-0.4, -0.2) is 49.8 Å². The lowest BCUT2D eigenvalue weighted by Crippen LogP contribution is -2.50. The number of aromatic nitrogens is 4. The number of nitrogens with zero attached hydrogens (tertiary/aromatic N) is 5. The van der Waals surface area contributed by atoms with Gasteiger partial charge in [0.15, 0.2) is 5.82 Å². The van der Waals surface area contributed by atoms with Gasteiger partial charge in [-0.25, -0.2) is 0 Å². The Labute approximate surface area is 147 Å². The maximum Gasteiger partial charge on any atom is 0.245 e. The molecule has 2 aromatic rings. The largest absolute Gasteiger partial charge is 0.394 e. The van der Waals surface area contributed by atoms with Gasteiger partial charge in [0.25, 0.3) is 0 Å². The Kier molecular flexibility index (Phi) is 5.19. The minimum atomic E-state index is -0.212. The smallest absolute Gasteiger partial charge is 0.245 e. The number of rotatable bonds is 6. The van der Waals surface area contributed by atoms with Gasteiger partial charge in [-0.3, -0.25) is 19.1 Å². The first-order chi connectivity index (χ1) is 12.0. The molecule has 1 aliphatic rings. The van der Waals surface area contributed by atoms with Crippen molar-refractivity contribution in [1.29, 1.82) is 0 Å². The van der Waals surface area contributed by atoms with Gasteiger partial charge >= 0.3 is 0 Å². The van der Waals surface area contributed by atoms with Crippen LogP contribution in [0.25, 0.3) is 0 Å². The summed E-state index contributed by atoms with van der Waals surface area (Å²) >= 11 is 0. The summed E-state index contributed by atoms with van der Waals surface area (Å²) in [6.07, 6.45) is 3.62. The van der Waals surface area contributed by atoms with Crippen LogP contribution in [0.2, 0.25) is 0 Å². The van der Waals surface area contributed by atoms with Crippen LogP contribution in [0.4, 0.5) is 5.82 Å². The van der Waals surface area contributed by atoms with E-state index in [4.69, 9.17) is 5.11 Å². The molecule has 0 spiro atoms. The lowest BCUT2D eigenvalue weighted by Gasteiger charge is -2.31. The maximum absolute atomic E-state index is 12.8. The number of carbonyl (C=O) groups excluding carboxylic acids is 1. The predicted molar refractivity (Wildman–Crippen MR) is 94.2 cm³/mol. The molecule has 8 heteroatoms. The summed E-state index contributed by atoms with van der Waals surface area (Å²) in [4.78, 5) is 14.6. The first kappa shape index (κ1) is 17.6. The second kappa shape index (κ2) is 7.37. The van der Waals surface area contributed by atoms with Crippen LogP contribution in [0.1, 0.15) is 29.8 Å². The molecule has 1 fully saturated rings. The van der Waals surface area contributed by atoms with Gasteiger partial charge in [-0.1, -0.05) is 0 Å². The summed E-state index contributed by atoms with van der Waals surface area (Å²) in [5, 5.41) is 21.3. The predicted octanol–water partition coefficient (Wildman–Crippen LogP) is 0.511. The molecule has 0 radical (unpaired) electrons. The van der Waals surface area contributed by atoms with Crippen molar-refractivity contribution in [2.24, 2.45) is 7.05 Å². The summed E-state index contributed by atoms with van der Waals surface area (Å²) in [5.41, 5.74) is 3.06. The zero-order valence-corrected chi connectivity index (χ0v) is 15.1. The Morgan fingerprint density at radius 1 is 1.36 bits per heavy atom. The van der Waals surface area contributed by atoms with Crippen LogP contribution < -0.4 is 10.2 Å². The molecule has 0 aliphatic carbocycles. The molecule has 136 valence electrons. The van der Waals surface area contributed by atoms with Gasteiger partial charge in [-0.05, 0) is 26.7 Å². The molecule has 0 saturated carbocycles. The SMILES string of the molecule is Cc1nn(CCO)c(C)c1CNC1CCCN(c2ccn(C)n2)C1=O. The number of aryl methyl sites for hydroxylation is 2. The molecule has 8 nitrogen and oxygen atoms in total. The normalized spacial score (nSPS) is 18.2. The fourth-order valence-electron chi connectivity index (χ4n) is 3.37. The second-order valence-corrected chi connectivity index (χ2v) is 6.51. The lowest BCUT2D eigenvalue weighted by atomic mass is 10.0. The number of amides is 1. The highest BCUT2D eigenvalue weighted by atomic mass is 16.3. The van der Waals surface area contributed by atoms with Crippen LogP contribution in [0.5, 0.6) is 0 Å². The summed E-state index contributed by atoms with van der Waals surface area (Å²) in [6.45, 7) is 5.81. The van der Waals surface area contributed by atoms with E-state index in [2.05, 4.69) is 15.5 Å². The molecule has 2 aromatic heterocycles. The molecule has 3 rings (SSSR count). The highest BCUT2D eigenvalue weighted by Gasteiger charge is 2.30. The standard InChI is InChI=1S/C17H26N6O2/c1-12-14(13(2)23(19-12)9-10-24)11-18-15-5-4-7-22(17(15)25)16-6-8-21(3)20-16/h6,8,15,18,24H,4-5,7,9-11H2,1-3H3. The van der Waals surface area contributed by atoms with E-state index in [1.807, 2.05) is 37.8 Å². The van der Waals surface area contributed by atoms with Crippen LogP contribution in [0, 0.1) is 13.8 Å². The molecule has 1 unspecified atom stereocenters. The molecule has 25 heavy (non-hydrogen) atoms. The Bertz CT molecular complexity index is 750. The van der Waals surface area contributed by atoms with Crippen LogP contribution in [0.15, 0.2) is 12.3 Å². The summed E-state index contributed by atoms with van der Waals surface area (Å²) in [6, 6.07) is 1.66. The van der Waals surface area contributed by atoms with Crippen molar-refractivity contribution in [2.45, 2.75) is 45.8 Å². The topological polar surface area (TPSA) is 88.2 Å². The number of aliphatic hydroxyl groups excluding tert-OH is 1. The molecule has 1 aliphatic heterocycles. The van der Waals surface area contributed by atoms with Gasteiger partial charge in [-0.15, -0.1) is 0 Å². The van der Waals surface area contributed by atoms with Crippen molar-refractivity contribution in [3.05, 3.63) is 29.2 Å². The summed E-state index contributed by atoms with van der Waals surface area (Å²) in [7, 11) is 1.85. The molecule has 2 N–H and O–H groups in total. The van der Waals surface area contributed by atoms with E-state index in [1.54, 1.807) is 9.58 Å². The monoisotopic (exact) mass is 346 g/mol. The van der Waals surface area contributed by atoms with Crippen molar-refractivity contribution in [3.63, 3.8) is 0 Å². The number of hydrogen-bond donors (Lipinski definition) is 2. The summed E-state index contributed by atoms with van der Waals surface area (Å²) in [5.74, 6) is 0.783. The molecule has 0 aromatic carbocycles. The maximum atomic E-state index is 12.8. The highest BCUT2D eigenvalue weighted by molar-refractivity contribution is 5.97. The van der Waals surface area contributed by atoms with Crippen molar-refractivity contribution in [2.75, 3.05) is 18.1 Å². The van der Waals surface area contributed by atoms with E-state index in [0.29, 0.717) is 25.5 Å².